The molecule has 0 aromatic heterocycles. The second-order valence-corrected chi connectivity index (χ2v) is 17.6. The van der Waals surface area contributed by atoms with Crippen molar-refractivity contribution in [2.45, 2.75) is 161 Å². The molecular weight excluding hydrogens is 570 g/mol. The van der Waals surface area contributed by atoms with E-state index in [0.29, 0.717) is 36.1 Å². The van der Waals surface area contributed by atoms with Gasteiger partial charge in [0.2, 0.25) is 0 Å². The quantitative estimate of drug-likeness (QED) is 0.381. The highest BCUT2D eigenvalue weighted by Gasteiger charge is 2.57. The number of aliphatic hydroxyl groups is 3. The van der Waals surface area contributed by atoms with Gasteiger partial charge in [0.15, 0.2) is 6.29 Å². The van der Waals surface area contributed by atoms with Crippen LogP contribution in [0, 0.1) is 40.4 Å². The molecule has 1 spiro atoms. The first-order chi connectivity index (χ1) is 21.3. The third-order valence-corrected chi connectivity index (χ3v) is 13.7. The number of ether oxygens (including phenoxy) is 4. The molecule has 3 saturated heterocycles. The fraction of sp³-hybridized carbons (Fsp3) is 1.00. The van der Waals surface area contributed by atoms with Gasteiger partial charge in [-0.2, -0.15) is 0 Å². The van der Waals surface area contributed by atoms with Crippen molar-refractivity contribution in [3.8, 4) is 0 Å². The number of hydrogen-bond acceptors (Lipinski definition) is 8. The van der Waals surface area contributed by atoms with Crippen LogP contribution in [0.3, 0.4) is 0 Å². The highest BCUT2D eigenvalue weighted by Crippen LogP contribution is 2.62. The number of rotatable bonds is 5. The first-order valence-electron chi connectivity index (χ1n) is 18.6. The van der Waals surface area contributed by atoms with Crippen molar-refractivity contribution >= 4 is 0 Å². The van der Waals surface area contributed by atoms with E-state index in [4.69, 9.17) is 18.9 Å². The van der Waals surface area contributed by atoms with Crippen LogP contribution in [0.25, 0.3) is 0 Å². The Hall–Kier alpha value is -0.320. The number of morpholine rings is 1. The van der Waals surface area contributed by atoms with Crippen molar-refractivity contribution < 1.29 is 34.3 Å². The predicted octanol–water partition coefficient (Wildman–Crippen LogP) is 5.15. The Kier molecular flexibility index (Phi) is 10.4. The summed E-state index contributed by atoms with van der Waals surface area (Å²) >= 11 is 0. The lowest BCUT2D eigenvalue weighted by Gasteiger charge is -2.60. The molecule has 8 heteroatoms. The van der Waals surface area contributed by atoms with E-state index in [0.717, 1.165) is 65.0 Å². The summed E-state index contributed by atoms with van der Waals surface area (Å²) in [5.41, 5.74) is -0.898. The SMILES string of the molecule is CC1CCCC23CCC(OC4CN(C5CCOC5)CCO4)C(C)(C)C2CCC(CC(O)C2OC(C(O)C(C)(C)O)CC(C)C12)C3. The molecule has 0 radical (unpaired) electrons. The lowest BCUT2D eigenvalue weighted by atomic mass is 9.47. The van der Waals surface area contributed by atoms with Gasteiger partial charge in [-0.25, -0.2) is 0 Å². The molecule has 45 heavy (non-hydrogen) atoms. The van der Waals surface area contributed by atoms with Crippen LogP contribution >= 0.6 is 0 Å². The van der Waals surface area contributed by atoms with Crippen LogP contribution in [0.1, 0.15) is 112 Å². The van der Waals surface area contributed by atoms with Gasteiger partial charge in [-0.05, 0) is 106 Å². The summed E-state index contributed by atoms with van der Waals surface area (Å²) in [7, 11) is 0. The number of hydrogen-bond donors (Lipinski definition) is 3. The van der Waals surface area contributed by atoms with Crippen molar-refractivity contribution in [3.63, 3.8) is 0 Å². The van der Waals surface area contributed by atoms with Crippen molar-refractivity contribution in [2.75, 3.05) is 32.9 Å². The lowest BCUT2D eigenvalue weighted by Crippen LogP contribution is -2.57. The van der Waals surface area contributed by atoms with Gasteiger partial charge in [0.05, 0.1) is 43.2 Å². The Morgan fingerprint density at radius 2 is 1.78 bits per heavy atom. The number of nitrogens with zero attached hydrogens (tertiary/aromatic N) is 1. The highest BCUT2D eigenvalue weighted by atomic mass is 16.7. The number of fused-ring (bicyclic) bond motifs is 2. The smallest absolute Gasteiger partial charge is 0.170 e. The van der Waals surface area contributed by atoms with E-state index in [1.165, 1.54) is 32.1 Å². The van der Waals surface area contributed by atoms with Crippen LogP contribution in [0.2, 0.25) is 0 Å². The summed E-state index contributed by atoms with van der Waals surface area (Å²) in [6, 6.07) is 0.498. The maximum absolute atomic E-state index is 11.9. The molecule has 6 fully saturated rings. The van der Waals surface area contributed by atoms with Gasteiger partial charge in [0, 0.05) is 25.7 Å². The van der Waals surface area contributed by atoms with E-state index in [1.807, 2.05) is 0 Å². The van der Waals surface area contributed by atoms with Crippen LogP contribution < -0.4 is 0 Å². The van der Waals surface area contributed by atoms with E-state index in [1.54, 1.807) is 13.8 Å². The fourth-order valence-corrected chi connectivity index (χ4v) is 11.4. The molecule has 3 N–H and O–H groups in total. The topological polar surface area (TPSA) is 101 Å². The maximum atomic E-state index is 11.9. The van der Waals surface area contributed by atoms with Crippen LogP contribution in [0.15, 0.2) is 0 Å². The van der Waals surface area contributed by atoms with Crippen molar-refractivity contribution in [2.24, 2.45) is 40.4 Å². The Balaban J connectivity index is 1.16. The highest BCUT2D eigenvalue weighted by molar-refractivity contribution is 5.06. The Morgan fingerprint density at radius 1 is 0.978 bits per heavy atom. The molecule has 3 aliphatic carbocycles. The molecule has 2 bridgehead atoms. The van der Waals surface area contributed by atoms with Gasteiger partial charge < -0.3 is 34.3 Å². The van der Waals surface area contributed by atoms with Gasteiger partial charge in [-0.1, -0.05) is 47.0 Å². The van der Waals surface area contributed by atoms with Crippen molar-refractivity contribution in [1.82, 2.24) is 4.90 Å². The average Bonchev–Trinajstić information content (AvgIpc) is 3.52. The molecule has 6 rings (SSSR count). The second-order valence-electron chi connectivity index (χ2n) is 17.6. The van der Waals surface area contributed by atoms with Crippen LogP contribution in [0.5, 0.6) is 0 Å². The van der Waals surface area contributed by atoms with Crippen LogP contribution in [-0.4, -0.2) is 102 Å². The molecule has 260 valence electrons. The first-order valence-corrected chi connectivity index (χ1v) is 18.6. The normalized spacial score (nSPS) is 47.3. The molecule has 8 nitrogen and oxygen atoms in total. The molecule has 0 aromatic rings. The minimum Gasteiger partial charge on any atom is -0.390 e. The van der Waals surface area contributed by atoms with E-state index in [2.05, 4.69) is 32.6 Å². The summed E-state index contributed by atoms with van der Waals surface area (Å²) < 4.78 is 25.4. The molecule has 3 aliphatic heterocycles. The molecular formula is C37H65NO7. The summed E-state index contributed by atoms with van der Waals surface area (Å²) in [5, 5.41) is 33.4. The van der Waals surface area contributed by atoms with E-state index < -0.39 is 23.9 Å². The van der Waals surface area contributed by atoms with Gasteiger partial charge >= 0.3 is 0 Å². The van der Waals surface area contributed by atoms with E-state index in [-0.39, 0.29) is 35.2 Å². The van der Waals surface area contributed by atoms with Gasteiger partial charge in [0.1, 0.15) is 6.10 Å². The standard InChI is InChI=1S/C37H65NO7/c1-23-8-7-13-37-14-11-30(45-31-21-38(15-17-43-31)26-12-16-42-22-26)35(3,4)29(37)10-9-25(20-37)19-27(39)33-32(23)24(2)18-28(44-33)34(40)36(5,6)41/h23-34,39-41H,7-22H2,1-6H3. The predicted molar refractivity (Wildman–Crippen MR) is 174 cm³/mol. The van der Waals surface area contributed by atoms with Gasteiger partial charge in [0.25, 0.3) is 0 Å². The van der Waals surface area contributed by atoms with Gasteiger partial charge in [-0.15, -0.1) is 0 Å². The summed E-state index contributed by atoms with van der Waals surface area (Å²) in [6.45, 7) is 17.1. The largest absolute Gasteiger partial charge is 0.390 e. The zero-order chi connectivity index (χ0) is 32.1. The Labute approximate surface area is 272 Å². The van der Waals surface area contributed by atoms with Crippen molar-refractivity contribution in [1.29, 1.82) is 0 Å². The lowest BCUT2D eigenvalue weighted by molar-refractivity contribution is -0.252. The summed E-state index contributed by atoms with van der Waals surface area (Å²) in [6.07, 6.45) is 9.67. The van der Waals surface area contributed by atoms with Crippen LogP contribution in [0.4, 0.5) is 0 Å². The summed E-state index contributed by atoms with van der Waals surface area (Å²) in [5.74, 6) is 2.06. The molecule has 0 aromatic carbocycles. The summed E-state index contributed by atoms with van der Waals surface area (Å²) in [4.78, 5) is 2.52. The Bertz CT molecular complexity index is 980. The third-order valence-electron chi connectivity index (χ3n) is 13.7. The van der Waals surface area contributed by atoms with E-state index in [9.17, 15) is 15.3 Å². The number of aliphatic hydroxyl groups excluding tert-OH is 2. The van der Waals surface area contributed by atoms with E-state index >= 15 is 0 Å². The zero-order valence-electron chi connectivity index (χ0n) is 29.2. The fourth-order valence-electron chi connectivity index (χ4n) is 11.4. The molecule has 3 saturated carbocycles. The van der Waals surface area contributed by atoms with Crippen LogP contribution in [-0.2, 0) is 18.9 Å². The maximum Gasteiger partial charge on any atom is 0.170 e. The second kappa shape index (κ2) is 13.5. The average molecular weight is 636 g/mol. The third kappa shape index (κ3) is 7.06. The molecule has 3 heterocycles. The monoisotopic (exact) mass is 635 g/mol. The minimum atomic E-state index is -1.24. The molecule has 0 amide bonds. The zero-order valence-corrected chi connectivity index (χ0v) is 29.2. The first kappa shape index (κ1) is 34.5. The molecule has 13 unspecified atom stereocenters. The molecule has 6 aliphatic rings. The minimum absolute atomic E-state index is 0.0574. The van der Waals surface area contributed by atoms with Crippen molar-refractivity contribution in [3.05, 3.63) is 0 Å². The Morgan fingerprint density at radius 3 is 2.51 bits per heavy atom. The van der Waals surface area contributed by atoms with Gasteiger partial charge in [-0.3, -0.25) is 4.90 Å². The molecule has 13 atom stereocenters.